The number of aliphatic hydroxyl groups is 1. The molecule has 0 aliphatic carbocycles. The first kappa shape index (κ1) is 19.6. The number of amides is 2. The molecule has 1 aliphatic heterocycles. The number of carbonyl (C=O) groups excluding carboxylic acids is 1. The number of unbranched alkanes of at least 4 members (excludes halogenated alkanes) is 2. The Morgan fingerprint density at radius 3 is 2.56 bits per heavy atom. The molecule has 0 atom stereocenters. The molecule has 1 fully saturated rings. The number of hydrogen-bond acceptors (Lipinski definition) is 2. The molecule has 7 heteroatoms. The van der Waals surface area contributed by atoms with Gasteiger partial charge in [-0.1, -0.05) is 32.3 Å². The minimum absolute atomic E-state index is 0.114. The summed E-state index contributed by atoms with van der Waals surface area (Å²) in [5, 5.41) is 13.0. The summed E-state index contributed by atoms with van der Waals surface area (Å²) in [7, 11) is 0. The van der Waals surface area contributed by atoms with Crippen LogP contribution in [0.2, 0.25) is 0 Å². The van der Waals surface area contributed by atoms with Crippen LogP contribution in [0.4, 0.5) is 23.7 Å². The molecular weight excluding hydrogens is 333 g/mol. The highest BCUT2D eigenvalue weighted by Gasteiger charge is 2.34. The Kier molecular flexibility index (Phi) is 6.32. The van der Waals surface area contributed by atoms with E-state index >= 15 is 0 Å². The summed E-state index contributed by atoms with van der Waals surface area (Å²) in [6.07, 6.45) is 0.386. The van der Waals surface area contributed by atoms with Gasteiger partial charge in [-0.3, -0.25) is 0 Å². The van der Waals surface area contributed by atoms with E-state index in [1.807, 2.05) is 0 Å². The monoisotopic (exact) mass is 358 g/mol. The van der Waals surface area contributed by atoms with Gasteiger partial charge in [-0.05, 0) is 37.5 Å². The summed E-state index contributed by atoms with van der Waals surface area (Å²) < 4.78 is 38.2. The van der Waals surface area contributed by atoms with E-state index in [-0.39, 0.29) is 5.69 Å². The van der Waals surface area contributed by atoms with Gasteiger partial charge >= 0.3 is 12.2 Å². The lowest BCUT2D eigenvalue weighted by Gasteiger charge is -2.38. The molecule has 0 unspecified atom stereocenters. The zero-order valence-electron chi connectivity index (χ0n) is 14.4. The summed E-state index contributed by atoms with van der Waals surface area (Å²) >= 11 is 0. The summed E-state index contributed by atoms with van der Waals surface area (Å²) in [5.74, 6) is 0. The molecule has 4 nitrogen and oxygen atoms in total. The van der Waals surface area contributed by atoms with E-state index in [0.717, 1.165) is 37.8 Å². The zero-order valence-corrected chi connectivity index (χ0v) is 14.4. The van der Waals surface area contributed by atoms with Crippen molar-refractivity contribution in [1.82, 2.24) is 4.90 Å². The van der Waals surface area contributed by atoms with Crippen LogP contribution < -0.4 is 5.32 Å². The third-order valence-corrected chi connectivity index (χ3v) is 4.67. The van der Waals surface area contributed by atoms with Crippen LogP contribution in [0.15, 0.2) is 24.3 Å². The lowest BCUT2D eigenvalue weighted by molar-refractivity contribution is -0.137. The highest BCUT2D eigenvalue weighted by Crippen LogP contribution is 2.31. The van der Waals surface area contributed by atoms with Gasteiger partial charge in [0, 0.05) is 18.8 Å². The molecule has 2 rings (SSSR count). The van der Waals surface area contributed by atoms with Crippen LogP contribution in [0.25, 0.3) is 0 Å². The van der Waals surface area contributed by atoms with Crippen LogP contribution in [0, 0.1) is 0 Å². The van der Waals surface area contributed by atoms with Gasteiger partial charge in [-0.2, -0.15) is 13.2 Å². The van der Waals surface area contributed by atoms with E-state index in [1.165, 1.54) is 17.0 Å². The summed E-state index contributed by atoms with van der Waals surface area (Å²) in [6.45, 7) is 2.89. The van der Waals surface area contributed by atoms with E-state index in [0.29, 0.717) is 25.9 Å². The molecule has 0 saturated carbocycles. The molecule has 25 heavy (non-hydrogen) atoms. The van der Waals surface area contributed by atoms with Crippen LogP contribution in [-0.2, 0) is 6.18 Å². The summed E-state index contributed by atoms with van der Waals surface area (Å²) in [5.41, 5.74) is -1.42. The number of likely N-dealkylation sites (tertiary alicyclic amines) is 1. The summed E-state index contributed by atoms with van der Waals surface area (Å²) in [6, 6.07) is 4.14. The first-order chi connectivity index (χ1) is 11.7. The molecule has 1 aromatic rings. The largest absolute Gasteiger partial charge is 0.416 e. The second-order valence-electron chi connectivity index (χ2n) is 6.68. The SMILES string of the molecule is CCCCCC1(O)CCN(C(=O)Nc2cccc(C(F)(F)F)c2)CC1. The number of halogens is 3. The van der Waals surface area contributed by atoms with Gasteiger partial charge in [0.05, 0.1) is 11.2 Å². The third kappa shape index (κ3) is 5.63. The fourth-order valence-electron chi connectivity index (χ4n) is 3.06. The third-order valence-electron chi connectivity index (χ3n) is 4.67. The minimum atomic E-state index is -4.44. The molecule has 2 N–H and O–H groups in total. The average molecular weight is 358 g/mol. The molecule has 1 aromatic carbocycles. The number of benzene rings is 1. The van der Waals surface area contributed by atoms with Crippen molar-refractivity contribution in [1.29, 1.82) is 0 Å². The van der Waals surface area contributed by atoms with Crippen LogP contribution >= 0.6 is 0 Å². The molecule has 1 saturated heterocycles. The van der Waals surface area contributed by atoms with Crippen molar-refractivity contribution >= 4 is 11.7 Å². The van der Waals surface area contributed by atoms with Crippen molar-refractivity contribution in [2.45, 2.75) is 57.2 Å². The predicted molar refractivity (Wildman–Crippen MR) is 90.4 cm³/mol. The Hall–Kier alpha value is -1.76. The zero-order chi connectivity index (χ0) is 18.5. The molecular formula is C18H25F3N2O2. The van der Waals surface area contributed by atoms with Gasteiger partial charge in [0.2, 0.25) is 0 Å². The lowest BCUT2D eigenvalue weighted by Crippen LogP contribution is -2.48. The predicted octanol–water partition coefficient (Wildman–Crippen LogP) is 4.64. The number of hydrogen-bond donors (Lipinski definition) is 2. The highest BCUT2D eigenvalue weighted by atomic mass is 19.4. The normalized spacial score (nSPS) is 17.4. The molecule has 140 valence electrons. The quantitative estimate of drug-likeness (QED) is 0.753. The minimum Gasteiger partial charge on any atom is -0.390 e. The van der Waals surface area contributed by atoms with Crippen LogP contribution in [0.5, 0.6) is 0 Å². The first-order valence-corrected chi connectivity index (χ1v) is 8.69. The van der Waals surface area contributed by atoms with Gasteiger partial charge in [-0.15, -0.1) is 0 Å². The van der Waals surface area contributed by atoms with Crippen molar-refractivity contribution in [2.75, 3.05) is 18.4 Å². The Morgan fingerprint density at radius 2 is 1.96 bits per heavy atom. The molecule has 0 aromatic heterocycles. The standard InChI is InChI=1S/C18H25F3N2O2/c1-2-3-4-8-17(25)9-11-23(12-10-17)16(24)22-15-7-5-6-14(13-15)18(19,20)21/h5-7,13,25H,2-4,8-12H2,1H3,(H,22,24). The van der Waals surface area contributed by atoms with E-state index < -0.39 is 23.4 Å². The molecule has 1 heterocycles. The lowest BCUT2D eigenvalue weighted by atomic mass is 9.86. The number of nitrogens with zero attached hydrogens (tertiary/aromatic N) is 1. The van der Waals surface area contributed by atoms with Gasteiger partial charge in [0.15, 0.2) is 0 Å². The number of carbonyl (C=O) groups is 1. The van der Waals surface area contributed by atoms with E-state index in [4.69, 9.17) is 0 Å². The van der Waals surface area contributed by atoms with Gasteiger partial charge in [0.1, 0.15) is 0 Å². The molecule has 2 amide bonds. The van der Waals surface area contributed by atoms with Crippen molar-refractivity contribution in [2.24, 2.45) is 0 Å². The van der Waals surface area contributed by atoms with Gasteiger partial charge < -0.3 is 15.3 Å². The Balaban J connectivity index is 1.89. The maximum atomic E-state index is 12.7. The number of rotatable bonds is 5. The maximum Gasteiger partial charge on any atom is 0.416 e. The van der Waals surface area contributed by atoms with E-state index in [9.17, 15) is 23.1 Å². The number of piperidine rings is 1. The number of anilines is 1. The Morgan fingerprint density at radius 1 is 1.28 bits per heavy atom. The van der Waals surface area contributed by atoms with E-state index in [1.54, 1.807) is 0 Å². The first-order valence-electron chi connectivity index (χ1n) is 8.69. The van der Waals surface area contributed by atoms with Crippen LogP contribution in [0.3, 0.4) is 0 Å². The van der Waals surface area contributed by atoms with Gasteiger partial charge in [-0.25, -0.2) is 4.79 Å². The fraction of sp³-hybridized carbons (Fsp3) is 0.611. The Bertz CT molecular complexity index is 582. The van der Waals surface area contributed by atoms with Crippen molar-refractivity contribution in [3.05, 3.63) is 29.8 Å². The number of nitrogens with one attached hydrogen (secondary N) is 1. The van der Waals surface area contributed by atoms with Crippen molar-refractivity contribution in [3.63, 3.8) is 0 Å². The molecule has 0 bridgehead atoms. The van der Waals surface area contributed by atoms with Crippen LogP contribution in [0.1, 0.15) is 51.0 Å². The van der Waals surface area contributed by atoms with Gasteiger partial charge in [0.25, 0.3) is 0 Å². The Labute approximate surface area is 146 Å². The van der Waals surface area contributed by atoms with E-state index in [2.05, 4.69) is 12.2 Å². The summed E-state index contributed by atoms with van der Waals surface area (Å²) in [4.78, 5) is 13.8. The average Bonchev–Trinajstić information content (AvgIpc) is 2.55. The maximum absolute atomic E-state index is 12.7. The topological polar surface area (TPSA) is 52.6 Å². The second kappa shape index (κ2) is 8.08. The van der Waals surface area contributed by atoms with Crippen molar-refractivity contribution in [3.8, 4) is 0 Å². The fourth-order valence-corrected chi connectivity index (χ4v) is 3.06. The number of urea groups is 1. The molecule has 0 spiro atoms. The number of alkyl halides is 3. The van der Waals surface area contributed by atoms with Crippen molar-refractivity contribution < 1.29 is 23.1 Å². The molecule has 0 radical (unpaired) electrons. The smallest absolute Gasteiger partial charge is 0.390 e. The molecule has 1 aliphatic rings. The second-order valence-corrected chi connectivity index (χ2v) is 6.68. The van der Waals surface area contributed by atoms with Crippen LogP contribution in [-0.4, -0.2) is 34.7 Å². The highest BCUT2D eigenvalue weighted by molar-refractivity contribution is 5.89.